The van der Waals surface area contributed by atoms with Crippen LogP contribution in [0, 0.1) is 5.82 Å². The number of esters is 1. The number of hydrazone groups is 1. The van der Waals surface area contributed by atoms with Crippen LogP contribution in [-0.2, 0) is 22.6 Å². The van der Waals surface area contributed by atoms with Gasteiger partial charge < -0.3 is 14.0 Å². The van der Waals surface area contributed by atoms with Crippen LogP contribution >= 0.6 is 11.3 Å². The Labute approximate surface area is 198 Å². The SMILES string of the molecule is CCOC(=O)Cc1csc(NN=Cc2ccc(F)c(-c3noc(COc4ccccc4)n3)c2)n1. The predicted molar refractivity (Wildman–Crippen MR) is 124 cm³/mol. The van der Waals surface area contributed by atoms with E-state index in [-0.39, 0.29) is 36.3 Å². The van der Waals surface area contributed by atoms with E-state index < -0.39 is 5.82 Å². The van der Waals surface area contributed by atoms with Gasteiger partial charge in [-0.1, -0.05) is 29.4 Å². The van der Waals surface area contributed by atoms with Crippen LogP contribution in [0.5, 0.6) is 5.75 Å². The highest BCUT2D eigenvalue weighted by atomic mass is 32.1. The molecule has 9 nitrogen and oxygen atoms in total. The summed E-state index contributed by atoms with van der Waals surface area (Å²) in [6.45, 7) is 2.14. The van der Waals surface area contributed by atoms with Gasteiger partial charge in [-0.25, -0.2) is 9.37 Å². The fourth-order valence-electron chi connectivity index (χ4n) is 2.84. The maximum atomic E-state index is 14.4. The first-order valence-corrected chi connectivity index (χ1v) is 11.2. The molecule has 0 saturated carbocycles. The number of hydrogen-bond acceptors (Lipinski definition) is 10. The number of para-hydroxylation sites is 1. The molecule has 0 saturated heterocycles. The van der Waals surface area contributed by atoms with E-state index in [1.165, 1.54) is 23.6 Å². The van der Waals surface area contributed by atoms with E-state index in [2.05, 4.69) is 25.7 Å². The predicted octanol–water partition coefficient (Wildman–Crippen LogP) is 4.46. The Morgan fingerprint density at radius 1 is 1.24 bits per heavy atom. The molecule has 0 aliphatic carbocycles. The Morgan fingerprint density at radius 2 is 2.09 bits per heavy atom. The first-order valence-electron chi connectivity index (χ1n) is 10.3. The van der Waals surface area contributed by atoms with Crippen molar-refractivity contribution >= 4 is 28.7 Å². The Bertz CT molecular complexity index is 1280. The number of aromatic nitrogens is 3. The standard InChI is InChI=1S/C23H20FN5O4S/c1-2-31-21(30)11-16-14-34-23(26-16)28-25-12-15-8-9-19(24)18(10-15)22-27-20(33-29-22)13-32-17-6-4-3-5-7-17/h3-10,12,14H,2,11,13H2,1H3,(H,26,28). The number of carbonyl (C=O) groups is 1. The highest BCUT2D eigenvalue weighted by molar-refractivity contribution is 7.13. The zero-order chi connectivity index (χ0) is 23.8. The molecule has 0 spiro atoms. The third-order valence-electron chi connectivity index (χ3n) is 4.36. The minimum absolute atomic E-state index is 0.0651. The number of carbonyl (C=O) groups excluding carboxylic acids is 1. The van der Waals surface area contributed by atoms with E-state index >= 15 is 0 Å². The summed E-state index contributed by atoms with van der Waals surface area (Å²) in [6, 6.07) is 13.6. The minimum Gasteiger partial charge on any atom is -0.484 e. The molecule has 0 fully saturated rings. The summed E-state index contributed by atoms with van der Waals surface area (Å²) in [5.74, 6) is 0.160. The number of thiazole rings is 1. The van der Waals surface area contributed by atoms with Gasteiger partial charge in [0.1, 0.15) is 11.6 Å². The van der Waals surface area contributed by atoms with Crippen LogP contribution < -0.4 is 10.2 Å². The molecule has 0 aliphatic heterocycles. The third-order valence-corrected chi connectivity index (χ3v) is 5.16. The second-order valence-electron chi connectivity index (χ2n) is 6.85. The fourth-order valence-corrected chi connectivity index (χ4v) is 3.50. The number of anilines is 1. The molecule has 1 N–H and O–H groups in total. The Morgan fingerprint density at radius 3 is 2.91 bits per heavy atom. The van der Waals surface area contributed by atoms with Crippen LogP contribution in [0.4, 0.5) is 9.52 Å². The number of benzene rings is 2. The lowest BCUT2D eigenvalue weighted by molar-refractivity contribution is -0.142. The molecule has 4 rings (SSSR count). The third kappa shape index (κ3) is 6.23. The minimum atomic E-state index is -0.495. The number of ether oxygens (including phenoxy) is 2. The van der Waals surface area contributed by atoms with Crippen LogP contribution in [0.15, 0.2) is 63.5 Å². The van der Waals surface area contributed by atoms with E-state index in [1.807, 2.05) is 18.2 Å². The first kappa shape index (κ1) is 23.1. The van der Waals surface area contributed by atoms with Crippen LogP contribution in [0.2, 0.25) is 0 Å². The van der Waals surface area contributed by atoms with Crippen LogP contribution in [0.25, 0.3) is 11.4 Å². The largest absolute Gasteiger partial charge is 0.484 e. The molecule has 0 aliphatic rings. The van der Waals surface area contributed by atoms with Crippen molar-refractivity contribution in [3.05, 3.63) is 76.9 Å². The smallest absolute Gasteiger partial charge is 0.311 e. The van der Waals surface area contributed by atoms with Crippen molar-refractivity contribution in [2.45, 2.75) is 20.0 Å². The lowest BCUT2D eigenvalue weighted by Gasteiger charge is -2.01. The molecule has 2 aromatic carbocycles. The van der Waals surface area contributed by atoms with Crippen LogP contribution in [0.1, 0.15) is 24.1 Å². The average molecular weight is 482 g/mol. The normalized spacial score (nSPS) is 11.0. The van der Waals surface area contributed by atoms with E-state index in [9.17, 15) is 9.18 Å². The van der Waals surface area contributed by atoms with E-state index in [0.717, 1.165) is 0 Å². The first-order chi connectivity index (χ1) is 16.6. The number of halogens is 1. The summed E-state index contributed by atoms with van der Waals surface area (Å²) in [7, 11) is 0. The van der Waals surface area contributed by atoms with Crippen molar-refractivity contribution in [1.82, 2.24) is 15.1 Å². The molecule has 11 heteroatoms. The van der Waals surface area contributed by atoms with E-state index in [0.29, 0.717) is 28.7 Å². The number of hydrogen-bond donors (Lipinski definition) is 1. The van der Waals surface area contributed by atoms with Gasteiger partial charge in [-0.2, -0.15) is 10.1 Å². The summed E-state index contributed by atoms with van der Waals surface area (Å²) in [6.07, 6.45) is 1.61. The summed E-state index contributed by atoms with van der Waals surface area (Å²) in [5, 5.41) is 10.2. The van der Waals surface area contributed by atoms with Gasteiger partial charge in [0.2, 0.25) is 11.0 Å². The summed E-state index contributed by atoms with van der Waals surface area (Å²) >= 11 is 1.30. The molecule has 0 unspecified atom stereocenters. The zero-order valence-electron chi connectivity index (χ0n) is 18.1. The molecule has 0 atom stereocenters. The second kappa shape index (κ2) is 11.1. The van der Waals surface area contributed by atoms with E-state index in [4.69, 9.17) is 14.0 Å². The topological polar surface area (TPSA) is 112 Å². The molecule has 2 heterocycles. The van der Waals surface area contributed by atoms with Gasteiger partial charge in [-0.15, -0.1) is 11.3 Å². The number of nitrogens with zero attached hydrogens (tertiary/aromatic N) is 4. The van der Waals surface area contributed by atoms with Gasteiger partial charge in [-0.3, -0.25) is 10.2 Å². The lowest BCUT2D eigenvalue weighted by atomic mass is 10.1. The van der Waals surface area contributed by atoms with E-state index in [1.54, 1.807) is 36.6 Å². The molecule has 174 valence electrons. The fraction of sp³-hybridized carbons (Fsp3) is 0.174. The highest BCUT2D eigenvalue weighted by Crippen LogP contribution is 2.22. The van der Waals surface area contributed by atoms with Gasteiger partial charge in [0, 0.05) is 5.38 Å². The van der Waals surface area contributed by atoms with Crippen LogP contribution in [-0.4, -0.2) is 33.9 Å². The summed E-state index contributed by atoms with van der Waals surface area (Å²) in [5.41, 5.74) is 4.17. The molecular weight excluding hydrogens is 461 g/mol. The molecule has 0 radical (unpaired) electrons. The van der Waals surface area contributed by atoms with Gasteiger partial charge in [0.15, 0.2) is 6.61 Å². The quantitative estimate of drug-likeness (QED) is 0.201. The van der Waals surface area contributed by atoms with Gasteiger partial charge >= 0.3 is 5.97 Å². The summed E-state index contributed by atoms with van der Waals surface area (Å²) < 4.78 is 30.1. The van der Waals surface area contributed by atoms with Gasteiger partial charge in [0.25, 0.3) is 5.89 Å². The molecular formula is C23H20FN5O4S. The maximum absolute atomic E-state index is 14.4. The lowest BCUT2D eigenvalue weighted by Crippen LogP contribution is -2.07. The number of rotatable bonds is 10. The highest BCUT2D eigenvalue weighted by Gasteiger charge is 2.14. The molecule has 4 aromatic rings. The van der Waals surface area contributed by atoms with Crippen molar-refractivity contribution in [2.24, 2.45) is 5.10 Å². The average Bonchev–Trinajstić information content (AvgIpc) is 3.49. The van der Waals surface area contributed by atoms with Crippen molar-refractivity contribution in [2.75, 3.05) is 12.0 Å². The number of nitrogens with one attached hydrogen (secondary N) is 1. The molecule has 34 heavy (non-hydrogen) atoms. The Kier molecular flexibility index (Phi) is 7.56. The molecule has 0 amide bonds. The zero-order valence-corrected chi connectivity index (χ0v) is 18.9. The van der Waals surface area contributed by atoms with Crippen molar-refractivity contribution < 1.29 is 23.2 Å². The van der Waals surface area contributed by atoms with Crippen molar-refractivity contribution in [3.63, 3.8) is 0 Å². The monoisotopic (exact) mass is 481 g/mol. The van der Waals surface area contributed by atoms with Crippen molar-refractivity contribution in [3.8, 4) is 17.1 Å². The Balaban J connectivity index is 1.38. The van der Waals surface area contributed by atoms with Crippen molar-refractivity contribution in [1.29, 1.82) is 0 Å². The molecule has 2 aromatic heterocycles. The summed E-state index contributed by atoms with van der Waals surface area (Å²) in [4.78, 5) is 20.0. The van der Waals surface area contributed by atoms with Gasteiger partial charge in [-0.05, 0) is 36.8 Å². The van der Waals surface area contributed by atoms with Crippen LogP contribution in [0.3, 0.4) is 0 Å². The molecule has 0 bridgehead atoms. The van der Waals surface area contributed by atoms with Gasteiger partial charge in [0.05, 0.1) is 30.5 Å². The maximum Gasteiger partial charge on any atom is 0.311 e. The second-order valence-corrected chi connectivity index (χ2v) is 7.71. The Hall–Kier alpha value is -4.12.